The lowest BCUT2D eigenvalue weighted by atomic mass is 10.1. The second kappa shape index (κ2) is 5.62. The van der Waals surface area contributed by atoms with Gasteiger partial charge in [-0.15, -0.1) is 0 Å². The van der Waals surface area contributed by atoms with E-state index in [1.807, 2.05) is 0 Å². The van der Waals surface area contributed by atoms with Gasteiger partial charge in [-0.25, -0.2) is 0 Å². The lowest BCUT2D eigenvalue weighted by molar-refractivity contribution is 0.286. The maximum absolute atomic E-state index is 3.49. The third-order valence-corrected chi connectivity index (χ3v) is 4.47. The van der Waals surface area contributed by atoms with Gasteiger partial charge in [-0.1, -0.05) is 29.8 Å². The summed E-state index contributed by atoms with van der Waals surface area (Å²) in [5.74, 6) is 1.30. The average Bonchev–Trinajstić information content (AvgIpc) is 2.23. The van der Waals surface area contributed by atoms with Crippen molar-refractivity contribution in [1.29, 1.82) is 0 Å². The van der Waals surface area contributed by atoms with E-state index in [0.717, 1.165) is 5.33 Å². The fourth-order valence-corrected chi connectivity index (χ4v) is 2.96. The van der Waals surface area contributed by atoms with Gasteiger partial charge < -0.3 is 4.90 Å². The van der Waals surface area contributed by atoms with Crippen LogP contribution in [-0.2, 0) is 0 Å². The predicted molar refractivity (Wildman–Crippen MR) is 66.0 cm³/mol. The van der Waals surface area contributed by atoms with Gasteiger partial charge in [0, 0.05) is 22.4 Å². The molecule has 3 heteroatoms. The predicted octanol–water partition coefficient (Wildman–Crippen LogP) is 2.99. The summed E-state index contributed by atoms with van der Waals surface area (Å²) in [5, 5.41) is 1.14. The van der Waals surface area contributed by atoms with Gasteiger partial charge in [-0.05, 0) is 25.9 Å². The molecule has 0 aromatic heterocycles. The zero-order valence-electron chi connectivity index (χ0n) is 8.68. The van der Waals surface area contributed by atoms with Crippen molar-refractivity contribution in [1.82, 2.24) is 4.90 Å². The van der Waals surface area contributed by atoms with Gasteiger partial charge in [0.15, 0.2) is 0 Å². The van der Waals surface area contributed by atoms with Crippen molar-refractivity contribution < 1.29 is 0 Å². The summed E-state index contributed by atoms with van der Waals surface area (Å²) in [5.41, 5.74) is 0. The number of thioether (sulfide) groups is 1. The summed E-state index contributed by atoms with van der Waals surface area (Å²) in [7, 11) is 0. The van der Waals surface area contributed by atoms with Crippen molar-refractivity contribution in [3.63, 3.8) is 0 Å². The zero-order chi connectivity index (χ0) is 9.73. The Morgan fingerprint density at radius 1 is 1.38 bits per heavy atom. The third kappa shape index (κ3) is 4.71. The second-order valence-electron chi connectivity index (χ2n) is 4.24. The lowest BCUT2D eigenvalue weighted by Crippen LogP contribution is -2.28. The molecule has 1 aliphatic rings. The Labute approximate surface area is 94.8 Å². The van der Waals surface area contributed by atoms with Gasteiger partial charge in [-0.2, -0.15) is 11.8 Å². The van der Waals surface area contributed by atoms with E-state index in [0.29, 0.717) is 4.75 Å². The van der Waals surface area contributed by atoms with Gasteiger partial charge >= 0.3 is 0 Å². The Balaban J connectivity index is 2.28. The smallest absolute Gasteiger partial charge is 0.0116 e. The van der Waals surface area contributed by atoms with Crippen LogP contribution in [-0.4, -0.2) is 40.4 Å². The van der Waals surface area contributed by atoms with E-state index in [-0.39, 0.29) is 0 Å². The molecule has 78 valence electrons. The largest absolute Gasteiger partial charge is 0.302 e. The first-order valence-electron chi connectivity index (χ1n) is 5.06. The third-order valence-electron chi connectivity index (χ3n) is 2.54. The number of hydrogen-bond donors (Lipinski definition) is 0. The SMILES string of the molecule is CC1(C)CCN(CCCBr)CCS1. The maximum atomic E-state index is 3.49. The summed E-state index contributed by atoms with van der Waals surface area (Å²) >= 11 is 5.61. The van der Waals surface area contributed by atoms with Crippen LogP contribution in [0.25, 0.3) is 0 Å². The van der Waals surface area contributed by atoms with Crippen LogP contribution in [0.2, 0.25) is 0 Å². The Kier molecular flexibility index (Phi) is 5.13. The molecular weight excluding hydrogens is 246 g/mol. The molecule has 1 rings (SSSR count). The van der Waals surface area contributed by atoms with Crippen LogP contribution in [0.5, 0.6) is 0 Å². The van der Waals surface area contributed by atoms with Crippen LogP contribution >= 0.6 is 27.7 Å². The summed E-state index contributed by atoms with van der Waals surface area (Å²) in [6, 6.07) is 0. The van der Waals surface area contributed by atoms with E-state index in [4.69, 9.17) is 0 Å². The number of rotatable bonds is 3. The standard InChI is InChI=1S/C10H20BrNS/c1-10(2)4-7-12(6-3-5-11)8-9-13-10/h3-9H2,1-2H3. The van der Waals surface area contributed by atoms with Crippen LogP contribution in [0.4, 0.5) is 0 Å². The first kappa shape index (κ1) is 11.9. The van der Waals surface area contributed by atoms with Crippen LogP contribution in [0, 0.1) is 0 Å². The number of alkyl halides is 1. The normalized spacial score (nSPS) is 24.2. The van der Waals surface area contributed by atoms with E-state index in [1.165, 1.54) is 38.2 Å². The van der Waals surface area contributed by atoms with Crippen LogP contribution in [0.15, 0.2) is 0 Å². The van der Waals surface area contributed by atoms with E-state index < -0.39 is 0 Å². The Morgan fingerprint density at radius 2 is 2.15 bits per heavy atom. The molecule has 0 aromatic carbocycles. The molecule has 0 spiro atoms. The first-order valence-corrected chi connectivity index (χ1v) is 7.17. The molecule has 0 saturated carbocycles. The van der Waals surface area contributed by atoms with Gasteiger partial charge in [0.05, 0.1) is 0 Å². The number of hydrogen-bond acceptors (Lipinski definition) is 2. The minimum Gasteiger partial charge on any atom is -0.302 e. The van der Waals surface area contributed by atoms with E-state index in [9.17, 15) is 0 Å². The molecule has 1 heterocycles. The summed E-state index contributed by atoms with van der Waals surface area (Å²) in [6.07, 6.45) is 2.62. The number of halogens is 1. The van der Waals surface area contributed by atoms with Crippen molar-refractivity contribution in [3.05, 3.63) is 0 Å². The zero-order valence-corrected chi connectivity index (χ0v) is 11.1. The van der Waals surface area contributed by atoms with E-state index >= 15 is 0 Å². The molecule has 0 atom stereocenters. The molecule has 1 aliphatic heterocycles. The second-order valence-corrected chi connectivity index (χ2v) is 6.84. The average molecular weight is 266 g/mol. The molecule has 0 aliphatic carbocycles. The Bertz CT molecular complexity index is 150. The van der Waals surface area contributed by atoms with E-state index in [1.54, 1.807) is 0 Å². The Morgan fingerprint density at radius 3 is 2.85 bits per heavy atom. The highest BCUT2D eigenvalue weighted by Crippen LogP contribution is 2.30. The Hall–Kier alpha value is 0.790. The van der Waals surface area contributed by atoms with Crippen LogP contribution < -0.4 is 0 Å². The monoisotopic (exact) mass is 265 g/mol. The fraction of sp³-hybridized carbons (Fsp3) is 1.00. The summed E-state index contributed by atoms with van der Waals surface area (Å²) < 4.78 is 0.503. The molecule has 1 fully saturated rings. The van der Waals surface area contributed by atoms with Crippen molar-refractivity contribution in [2.45, 2.75) is 31.4 Å². The van der Waals surface area contributed by atoms with Crippen molar-refractivity contribution in [2.75, 3.05) is 30.7 Å². The molecular formula is C10H20BrNS. The van der Waals surface area contributed by atoms with Crippen LogP contribution in [0.3, 0.4) is 0 Å². The molecule has 0 unspecified atom stereocenters. The van der Waals surface area contributed by atoms with Crippen molar-refractivity contribution in [3.8, 4) is 0 Å². The van der Waals surface area contributed by atoms with Gasteiger partial charge in [0.25, 0.3) is 0 Å². The molecule has 0 radical (unpaired) electrons. The van der Waals surface area contributed by atoms with Gasteiger partial charge in [0.1, 0.15) is 0 Å². The highest BCUT2D eigenvalue weighted by molar-refractivity contribution is 9.09. The molecule has 0 N–H and O–H groups in total. The highest BCUT2D eigenvalue weighted by Gasteiger charge is 2.22. The fourth-order valence-electron chi connectivity index (χ4n) is 1.57. The minimum atomic E-state index is 0.503. The minimum absolute atomic E-state index is 0.503. The first-order chi connectivity index (χ1) is 6.14. The van der Waals surface area contributed by atoms with Crippen molar-refractivity contribution >= 4 is 27.7 Å². The molecule has 0 aromatic rings. The quantitative estimate of drug-likeness (QED) is 0.722. The molecule has 1 saturated heterocycles. The van der Waals surface area contributed by atoms with Gasteiger partial charge in [-0.3, -0.25) is 0 Å². The molecule has 0 bridgehead atoms. The van der Waals surface area contributed by atoms with Gasteiger partial charge in [0.2, 0.25) is 0 Å². The summed E-state index contributed by atoms with van der Waals surface area (Å²) in [6.45, 7) is 8.56. The molecule has 1 nitrogen and oxygen atoms in total. The molecule has 0 amide bonds. The molecule has 13 heavy (non-hydrogen) atoms. The van der Waals surface area contributed by atoms with E-state index in [2.05, 4.69) is 46.4 Å². The summed E-state index contributed by atoms with van der Waals surface area (Å²) in [4.78, 5) is 2.60. The topological polar surface area (TPSA) is 3.24 Å². The number of nitrogens with zero attached hydrogens (tertiary/aromatic N) is 1. The van der Waals surface area contributed by atoms with Crippen LogP contribution in [0.1, 0.15) is 26.7 Å². The lowest BCUT2D eigenvalue weighted by Gasteiger charge is -2.22. The maximum Gasteiger partial charge on any atom is 0.0116 e. The highest BCUT2D eigenvalue weighted by atomic mass is 79.9. The van der Waals surface area contributed by atoms with Crippen molar-refractivity contribution in [2.24, 2.45) is 0 Å².